The Morgan fingerprint density at radius 3 is 3.16 bits per heavy atom. The first kappa shape index (κ1) is 12.3. The molecule has 0 aliphatic carbocycles. The molecule has 0 bridgehead atoms. The zero-order valence-electron chi connectivity index (χ0n) is 10.8. The molecular formula is C12H14N4O2S. The number of carbonyl (C=O) groups excluding carboxylic acids is 1. The lowest BCUT2D eigenvalue weighted by Crippen LogP contribution is -2.17. The summed E-state index contributed by atoms with van der Waals surface area (Å²) >= 11 is 1.81. The molecule has 0 radical (unpaired) electrons. The van der Waals surface area contributed by atoms with Crippen molar-refractivity contribution in [2.45, 2.75) is 24.9 Å². The van der Waals surface area contributed by atoms with Gasteiger partial charge in [-0.3, -0.25) is 9.48 Å². The summed E-state index contributed by atoms with van der Waals surface area (Å²) in [6.07, 6.45) is 0.188. The number of aromatic nitrogens is 3. The third-order valence-corrected chi connectivity index (χ3v) is 3.95. The monoisotopic (exact) mass is 278 g/mol. The van der Waals surface area contributed by atoms with Crippen LogP contribution in [0.4, 0.5) is 5.82 Å². The van der Waals surface area contributed by atoms with Crippen molar-refractivity contribution in [2.24, 2.45) is 7.05 Å². The average Bonchev–Trinajstić information content (AvgIpc) is 3.00. The van der Waals surface area contributed by atoms with Crippen LogP contribution in [0.15, 0.2) is 10.6 Å². The van der Waals surface area contributed by atoms with Crippen LogP contribution in [0.2, 0.25) is 0 Å². The van der Waals surface area contributed by atoms with Crippen LogP contribution in [-0.2, 0) is 29.8 Å². The Kier molecular flexibility index (Phi) is 3.06. The molecule has 0 spiro atoms. The molecule has 0 atom stereocenters. The lowest BCUT2D eigenvalue weighted by molar-refractivity contribution is -0.115. The van der Waals surface area contributed by atoms with E-state index in [9.17, 15) is 4.79 Å². The van der Waals surface area contributed by atoms with E-state index >= 15 is 0 Å². The van der Waals surface area contributed by atoms with Gasteiger partial charge in [-0.1, -0.05) is 5.16 Å². The number of anilines is 1. The first-order valence-electron chi connectivity index (χ1n) is 5.98. The maximum atomic E-state index is 12.0. The summed E-state index contributed by atoms with van der Waals surface area (Å²) in [5.41, 5.74) is 2.98. The van der Waals surface area contributed by atoms with Crippen LogP contribution < -0.4 is 5.32 Å². The molecule has 3 heterocycles. The molecule has 0 fully saturated rings. The molecule has 1 amide bonds. The van der Waals surface area contributed by atoms with E-state index in [1.54, 1.807) is 10.7 Å². The SMILES string of the molecule is Cc1cc(CC(=O)Nc2c3c(nn2C)CSC3)on1. The predicted molar refractivity (Wildman–Crippen MR) is 71.8 cm³/mol. The molecule has 3 rings (SSSR count). The maximum absolute atomic E-state index is 12.0. The molecule has 1 aliphatic heterocycles. The normalized spacial score (nSPS) is 13.6. The van der Waals surface area contributed by atoms with Gasteiger partial charge in [-0.25, -0.2) is 0 Å². The van der Waals surface area contributed by atoms with E-state index in [0.29, 0.717) is 5.76 Å². The highest BCUT2D eigenvalue weighted by Crippen LogP contribution is 2.34. The van der Waals surface area contributed by atoms with Gasteiger partial charge in [0.2, 0.25) is 5.91 Å². The summed E-state index contributed by atoms with van der Waals surface area (Å²) in [6, 6.07) is 1.77. The fraction of sp³-hybridized carbons (Fsp3) is 0.417. The fourth-order valence-corrected chi connectivity index (χ4v) is 3.17. The number of hydrogen-bond acceptors (Lipinski definition) is 5. The minimum atomic E-state index is -0.112. The van der Waals surface area contributed by atoms with E-state index < -0.39 is 0 Å². The summed E-state index contributed by atoms with van der Waals surface area (Å²) in [5.74, 6) is 3.07. The smallest absolute Gasteiger partial charge is 0.233 e. The van der Waals surface area contributed by atoms with Crippen molar-refractivity contribution in [3.05, 3.63) is 28.8 Å². The van der Waals surface area contributed by atoms with E-state index in [2.05, 4.69) is 15.6 Å². The highest BCUT2D eigenvalue weighted by atomic mass is 32.2. The number of carbonyl (C=O) groups is 1. The van der Waals surface area contributed by atoms with E-state index in [1.165, 1.54) is 0 Å². The molecular weight excluding hydrogens is 264 g/mol. The highest BCUT2D eigenvalue weighted by Gasteiger charge is 2.22. The number of nitrogens with one attached hydrogen (secondary N) is 1. The van der Waals surface area contributed by atoms with Crippen LogP contribution >= 0.6 is 11.8 Å². The van der Waals surface area contributed by atoms with Crippen molar-refractivity contribution in [3.63, 3.8) is 0 Å². The zero-order valence-corrected chi connectivity index (χ0v) is 11.6. The molecule has 100 valence electrons. The number of aryl methyl sites for hydroxylation is 2. The molecule has 0 saturated carbocycles. The van der Waals surface area contributed by atoms with Crippen LogP contribution in [0.1, 0.15) is 22.7 Å². The number of amides is 1. The van der Waals surface area contributed by atoms with Crippen LogP contribution in [-0.4, -0.2) is 20.8 Å². The Morgan fingerprint density at radius 2 is 2.42 bits per heavy atom. The van der Waals surface area contributed by atoms with Gasteiger partial charge in [0.05, 0.1) is 17.8 Å². The quantitative estimate of drug-likeness (QED) is 0.924. The number of thioether (sulfide) groups is 1. The molecule has 1 N–H and O–H groups in total. The number of hydrogen-bond donors (Lipinski definition) is 1. The molecule has 0 saturated heterocycles. The minimum absolute atomic E-state index is 0.112. The van der Waals surface area contributed by atoms with Crippen molar-refractivity contribution in [1.29, 1.82) is 0 Å². The minimum Gasteiger partial charge on any atom is -0.361 e. The predicted octanol–water partition coefficient (Wildman–Crippen LogP) is 1.64. The third kappa shape index (κ3) is 2.37. The molecule has 1 aliphatic rings. The molecule has 0 aromatic carbocycles. The average molecular weight is 278 g/mol. The van der Waals surface area contributed by atoms with Gasteiger partial charge in [-0.05, 0) is 6.92 Å². The van der Waals surface area contributed by atoms with Crippen molar-refractivity contribution >= 4 is 23.5 Å². The molecule has 7 heteroatoms. The van der Waals surface area contributed by atoms with Gasteiger partial charge < -0.3 is 9.84 Å². The van der Waals surface area contributed by atoms with Gasteiger partial charge in [0.1, 0.15) is 11.6 Å². The topological polar surface area (TPSA) is 73.0 Å². The second-order valence-corrected chi connectivity index (χ2v) is 5.54. The van der Waals surface area contributed by atoms with Crippen molar-refractivity contribution < 1.29 is 9.32 Å². The molecule has 2 aromatic rings. The summed E-state index contributed by atoms with van der Waals surface area (Å²) in [7, 11) is 1.84. The summed E-state index contributed by atoms with van der Waals surface area (Å²) < 4.78 is 6.77. The number of nitrogens with zero attached hydrogens (tertiary/aromatic N) is 3. The van der Waals surface area contributed by atoms with Crippen LogP contribution in [0.3, 0.4) is 0 Å². The summed E-state index contributed by atoms with van der Waals surface area (Å²) in [4.78, 5) is 12.0. The third-order valence-electron chi connectivity index (χ3n) is 2.98. The number of rotatable bonds is 3. The fourth-order valence-electron chi connectivity index (χ4n) is 2.13. The van der Waals surface area contributed by atoms with Crippen molar-refractivity contribution in [2.75, 3.05) is 5.32 Å². The Labute approximate surface area is 114 Å². The first-order valence-corrected chi connectivity index (χ1v) is 7.13. The second-order valence-electron chi connectivity index (χ2n) is 4.55. The van der Waals surface area contributed by atoms with Crippen molar-refractivity contribution in [3.8, 4) is 0 Å². The van der Waals surface area contributed by atoms with Crippen LogP contribution in [0, 0.1) is 6.92 Å². The second kappa shape index (κ2) is 4.73. The van der Waals surface area contributed by atoms with E-state index in [1.807, 2.05) is 25.7 Å². The maximum Gasteiger partial charge on any atom is 0.233 e. The van der Waals surface area contributed by atoms with E-state index in [-0.39, 0.29) is 12.3 Å². The van der Waals surface area contributed by atoms with Gasteiger partial charge in [0.15, 0.2) is 0 Å². The molecule has 19 heavy (non-hydrogen) atoms. The van der Waals surface area contributed by atoms with Gasteiger partial charge in [0.25, 0.3) is 0 Å². The Balaban J connectivity index is 1.73. The summed E-state index contributed by atoms with van der Waals surface area (Å²) in [5, 5.41) is 11.1. The van der Waals surface area contributed by atoms with Gasteiger partial charge >= 0.3 is 0 Å². The highest BCUT2D eigenvalue weighted by molar-refractivity contribution is 7.98. The van der Waals surface area contributed by atoms with Crippen LogP contribution in [0.5, 0.6) is 0 Å². The molecule has 0 unspecified atom stereocenters. The van der Waals surface area contributed by atoms with Crippen molar-refractivity contribution in [1.82, 2.24) is 14.9 Å². The largest absolute Gasteiger partial charge is 0.361 e. The van der Waals surface area contributed by atoms with Crippen LogP contribution in [0.25, 0.3) is 0 Å². The Hall–Kier alpha value is -1.76. The van der Waals surface area contributed by atoms with Gasteiger partial charge in [-0.15, -0.1) is 0 Å². The first-order chi connectivity index (χ1) is 9.13. The number of fused-ring (bicyclic) bond motifs is 1. The standard InChI is InChI=1S/C12H14N4O2S/c1-7-3-8(18-15-7)4-11(17)13-12-9-5-19-6-10(9)14-16(12)2/h3H,4-6H2,1-2H3,(H,13,17). The Bertz CT molecular complexity index is 632. The van der Waals surface area contributed by atoms with Gasteiger partial charge in [0, 0.05) is 30.2 Å². The molecule has 2 aromatic heterocycles. The van der Waals surface area contributed by atoms with E-state index in [0.717, 1.165) is 34.3 Å². The van der Waals surface area contributed by atoms with Gasteiger partial charge in [-0.2, -0.15) is 16.9 Å². The lowest BCUT2D eigenvalue weighted by Gasteiger charge is -2.06. The van der Waals surface area contributed by atoms with E-state index in [4.69, 9.17) is 4.52 Å². The lowest BCUT2D eigenvalue weighted by atomic mass is 10.2. The zero-order chi connectivity index (χ0) is 13.4. The molecule has 6 nitrogen and oxygen atoms in total. The summed E-state index contributed by atoms with van der Waals surface area (Å²) in [6.45, 7) is 1.83. The Morgan fingerprint density at radius 1 is 1.58 bits per heavy atom.